The number of aromatic nitrogens is 1. The highest BCUT2D eigenvalue weighted by atomic mass is 35.5. The molecule has 1 aliphatic rings. The number of nitrogens with one attached hydrogen (secondary N) is 3. The van der Waals surface area contributed by atoms with Crippen LogP contribution in [-0.4, -0.2) is 29.6 Å². The summed E-state index contributed by atoms with van der Waals surface area (Å²) in [5, 5.41) is 11.5. The van der Waals surface area contributed by atoms with E-state index in [-0.39, 0.29) is 12.1 Å². The van der Waals surface area contributed by atoms with Crippen LogP contribution in [0.15, 0.2) is 30.5 Å². The Balaban J connectivity index is 1.51. The fraction of sp³-hybridized carbons (Fsp3) is 0.500. The molecule has 1 aromatic heterocycles. The predicted octanol–water partition coefficient (Wildman–Crippen LogP) is 4.71. The zero-order valence-corrected chi connectivity index (χ0v) is 16.0. The van der Waals surface area contributed by atoms with Crippen LogP contribution in [0.1, 0.15) is 45.4 Å². The monoisotopic (exact) mass is 374 g/mol. The maximum Gasteiger partial charge on any atom is 0.315 e. The number of pyridine rings is 1. The lowest BCUT2D eigenvalue weighted by Crippen LogP contribution is -2.45. The van der Waals surface area contributed by atoms with Crippen LogP contribution in [0.5, 0.6) is 0 Å². The summed E-state index contributed by atoms with van der Waals surface area (Å²) in [6, 6.07) is 8.46. The lowest BCUT2D eigenvalue weighted by Gasteiger charge is -2.30. The van der Waals surface area contributed by atoms with Crippen LogP contribution in [0.4, 0.5) is 10.5 Å². The molecule has 0 saturated heterocycles. The molecule has 0 radical (unpaired) electrons. The fourth-order valence-corrected chi connectivity index (χ4v) is 3.63. The highest BCUT2D eigenvalue weighted by Crippen LogP contribution is 2.28. The standard InChI is InChI=1S/C20H27ClN4O/c1-2-3-11-23-20(26)25-16-7-5-15(6-8-16)24-18-10-12-22-19-13-14(21)4-9-17(18)19/h4,9-10,12-13,15-16H,2-3,5-8,11H2,1H3,(H,22,24)(H2,23,25,26). The minimum absolute atomic E-state index is 0.0353. The summed E-state index contributed by atoms with van der Waals surface area (Å²) in [6.45, 7) is 2.87. The maximum atomic E-state index is 11.9. The Labute approximate surface area is 159 Å². The number of benzene rings is 1. The zero-order valence-electron chi connectivity index (χ0n) is 15.2. The summed E-state index contributed by atoms with van der Waals surface area (Å²) in [7, 11) is 0. The van der Waals surface area contributed by atoms with E-state index in [2.05, 4.69) is 27.9 Å². The van der Waals surface area contributed by atoms with Gasteiger partial charge in [-0.25, -0.2) is 4.79 Å². The van der Waals surface area contributed by atoms with Gasteiger partial charge in [-0.05, 0) is 56.4 Å². The number of unbranched alkanes of at least 4 members (excludes halogenated alkanes) is 1. The van der Waals surface area contributed by atoms with Crippen molar-refractivity contribution >= 4 is 34.2 Å². The minimum Gasteiger partial charge on any atom is -0.382 e. The molecule has 6 heteroatoms. The van der Waals surface area contributed by atoms with Crippen molar-refractivity contribution in [3.8, 4) is 0 Å². The van der Waals surface area contributed by atoms with Crippen molar-refractivity contribution in [1.82, 2.24) is 15.6 Å². The highest BCUT2D eigenvalue weighted by Gasteiger charge is 2.22. The van der Waals surface area contributed by atoms with Gasteiger partial charge in [0.25, 0.3) is 0 Å². The van der Waals surface area contributed by atoms with E-state index in [9.17, 15) is 4.79 Å². The number of carbonyl (C=O) groups excluding carboxylic acids is 1. The maximum absolute atomic E-state index is 11.9. The third-order valence-electron chi connectivity index (χ3n) is 4.94. The van der Waals surface area contributed by atoms with Crippen LogP contribution in [0, 0.1) is 0 Å². The van der Waals surface area contributed by atoms with Crippen LogP contribution in [-0.2, 0) is 0 Å². The third kappa shape index (κ3) is 5.01. The van der Waals surface area contributed by atoms with Crippen molar-refractivity contribution < 1.29 is 4.79 Å². The third-order valence-corrected chi connectivity index (χ3v) is 5.18. The SMILES string of the molecule is CCCCNC(=O)NC1CCC(Nc2ccnc3cc(Cl)ccc23)CC1. The van der Waals surface area contributed by atoms with Crippen molar-refractivity contribution in [1.29, 1.82) is 0 Å². The Morgan fingerprint density at radius 1 is 1.19 bits per heavy atom. The molecule has 0 atom stereocenters. The predicted molar refractivity (Wildman–Crippen MR) is 108 cm³/mol. The van der Waals surface area contributed by atoms with Crippen LogP contribution < -0.4 is 16.0 Å². The Morgan fingerprint density at radius 2 is 1.96 bits per heavy atom. The molecule has 5 nitrogen and oxygen atoms in total. The Morgan fingerprint density at radius 3 is 2.73 bits per heavy atom. The van der Waals surface area contributed by atoms with Crippen molar-refractivity contribution in [3.05, 3.63) is 35.5 Å². The first kappa shape index (κ1) is 18.8. The Kier molecular flexibility index (Phi) is 6.56. The summed E-state index contributed by atoms with van der Waals surface area (Å²) in [5.41, 5.74) is 2.00. The molecule has 3 rings (SSSR count). The summed E-state index contributed by atoms with van der Waals surface area (Å²) in [5.74, 6) is 0. The summed E-state index contributed by atoms with van der Waals surface area (Å²) < 4.78 is 0. The van der Waals surface area contributed by atoms with Gasteiger partial charge in [0.1, 0.15) is 0 Å². The summed E-state index contributed by atoms with van der Waals surface area (Å²) in [4.78, 5) is 16.3. The Bertz CT molecular complexity index is 744. The van der Waals surface area contributed by atoms with Gasteiger partial charge in [0, 0.05) is 40.9 Å². The number of nitrogens with zero attached hydrogens (tertiary/aromatic N) is 1. The molecule has 1 saturated carbocycles. The fourth-order valence-electron chi connectivity index (χ4n) is 3.46. The molecule has 3 N–H and O–H groups in total. The molecule has 2 aromatic rings. The molecule has 0 bridgehead atoms. The van der Waals surface area contributed by atoms with E-state index in [4.69, 9.17) is 11.6 Å². The van der Waals surface area contributed by atoms with E-state index in [1.165, 1.54) is 0 Å². The van der Waals surface area contributed by atoms with E-state index in [0.29, 0.717) is 11.1 Å². The van der Waals surface area contributed by atoms with Gasteiger partial charge in [0.2, 0.25) is 0 Å². The number of urea groups is 1. The minimum atomic E-state index is -0.0353. The molecule has 0 spiro atoms. The smallest absolute Gasteiger partial charge is 0.315 e. The van der Waals surface area contributed by atoms with E-state index in [1.54, 1.807) is 0 Å². The van der Waals surface area contributed by atoms with E-state index in [1.807, 2.05) is 30.5 Å². The number of hydrogen-bond donors (Lipinski definition) is 3. The van der Waals surface area contributed by atoms with Gasteiger partial charge in [-0.1, -0.05) is 24.9 Å². The number of hydrogen-bond acceptors (Lipinski definition) is 3. The second kappa shape index (κ2) is 9.08. The van der Waals surface area contributed by atoms with Gasteiger partial charge >= 0.3 is 6.03 Å². The molecular formula is C20H27ClN4O. The number of amides is 2. The number of fused-ring (bicyclic) bond motifs is 1. The van der Waals surface area contributed by atoms with Gasteiger partial charge < -0.3 is 16.0 Å². The van der Waals surface area contributed by atoms with Crippen LogP contribution in [0.3, 0.4) is 0 Å². The highest BCUT2D eigenvalue weighted by molar-refractivity contribution is 6.31. The second-order valence-electron chi connectivity index (χ2n) is 6.97. The van der Waals surface area contributed by atoms with Gasteiger partial charge in [0.05, 0.1) is 5.52 Å². The average molecular weight is 375 g/mol. The van der Waals surface area contributed by atoms with E-state index >= 15 is 0 Å². The molecule has 2 amide bonds. The molecule has 1 aliphatic carbocycles. The van der Waals surface area contributed by atoms with Crippen LogP contribution >= 0.6 is 11.6 Å². The summed E-state index contributed by atoms with van der Waals surface area (Å²) >= 11 is 6.06. The Hall–Kier alpha value is -2.01. The normalized spacial score (nSPS) is 19.9. The van der Waals surface area contributed by atoms with Crippen molar-refractivity contribution in [2.75, 3.05) is 11.9 Å². The lowest BCUT2D eigenvalue weighted by atomic mass is 9.91. The van der Waals surface area contributed by atoms with Gasteiger partial charge in [0.15, 0.2) is 0 Å². The van der Waals surface area contributed by atoms with Crippen molar-refractivity contribution in [2.24, 2.45) is 0 Å². The van der Waals surface area contributed by atoms with Crippen LogP contribution in [0.2, 0.25) is 5.02 Å². The zero-order chi connectivity index (χ0) is 18.4. The number of halogens is 1. The molecule has 1 fully saturated rings. The number of rotatable bonds is 6. The first-order chi connectivity index (χ1) is 12.7. The molecule has 0 unspecified atom stereocenters. The van der Waals surface area contributed by atoms with E-state index in [0.717, 1.165) is 61.7 Å². The van der Waals surface area contributed by atoms with Crippen molar-refractivity contribution in [3.63, 3.8) is 0 Å². The van der Waals surface area contributed by atoms with E-state index < -0.39 is 0 Å². The first-order valence-electron chi connectivity index (χ1n) is 9.51. The molecule has 0 aliphatic heterocycles. The first-order valence-corrected chi connectivity index (χ1v) is 9.88. The number of anilines is 1. The molecular weight excluding hydrogens is 348 g/mol. The summed E-state index contributed by atoms with van der Waals surface area (Å²) in [6.07, 6.45) is 7.99. The molecule has 26 heavy (non-hydrogen) atoms. The largest absolute Gasteiger partial charge is 0.382 e. The second-order valence-corrected chi connectivity index (χ2v) is 7.40. The molecule has 140 valence electrons. The quantitative estimate of drug-likeness (QED) is 0.641. The molecule has 1 aromatic carbocycles. The van der Waals surface area contributed by atoms with Gasteiger partial charge in [-0.3, -0.25) is 4.98 Å². The number of carbonyl (C=O) groups is 1. The van der Waals surface area contributed by atoms with Gasteiger partial charge in [-0.2, -0.15) is 0 Å². The van der Waals surface area contributed by atoms with Crippen molar-refractivity contribution in [2.45, 2.75) is 57.5 Å². The molecule has 1 heterocycles. The van der Waals surface area contributed by atoms with Crippen LogP contribution in [0.25, 0.3) is 10.9 Å². The lowest BCUT2D eigenvalue weighted by molar-refractivity contribution is 0.231. The average Bonchev–Trinajstić information content (AvgIpc) is 2.63. The van der Waals surface area contributed by atoms with Gasteiger partial charge in [-0.15, -0.1) is 0 Å². The topological polar surface area (TPSA) is 66.1 Å².